The van der Waals surface area contributed by atoms with Crippen molar-refractivity contribution in [2.75, 3.05) is 11.9 Å². The van der Waals surface area contributed by atoms with Gasteiger partial charge in [-0.2, -0.15) is 0 Å². The fourth-order valence-electron chi connectivity index (χ4n) is 4.89. The summed E-state index contributed by atoms with van der Waals surface area (Å²) in [5, 5.41) is 24.8. The van der Waals surface area contributed by atoms with Crippen LogP contribution >= 0.6 is 11.6 Å². The number of aliphatic hydroxyl groups excluding tert-OH is 1. The Bertz CT molecular complexity index is 1290. The number of imidazole rings is 1. The van der Waals surface area contributed by atoms with Crippen molar-refractivity contribution in [2.45, 2.75) is 76.7 Å². The number of aromatic nitrogens is 4. The van der Waals surface area contributed by atoms with Crippen LogP contribution in [0, 0.1) is 5.82 Å². The zero-order valence-corrected chi connectivity index (χ0v) is 21.0. The third kappa shape index (κ3) is 4.17. The van der Waals surface area contributed by atoms with E-state index in [9.17, 15) is 10.2 Å². The van der Waals surface area contributed by atoms with Gasteiger partial charge in [-0.3, -0.25) is 0 Å². The highest BCUT2D eigenvalue weighted by atomic mass is 35.5. The molecule has 0 unspecified atom stereocenters. The molecule has 3 N–H and O–H groups in total. The van der Waals surface area contributed by atoms with E-state index in [0.717, 1.165) is 0 Å². The molecule has 35 heavy (non-hydrogen) atoms. The molecule has 9 nitrogen and oxygen atoms in total. The fourth-order valence-corrected chi connectivity index (χ4v) is 5.09. The molecular weight excluding hydrogens is 477 g/mol. The Kier molecular flexibility index (Phi) is 5.80. The number of benzene rings is 1. The van der Waals surface area contributed by atoms with Crippen molar-refractivity contribution in [3.05, 3.63) is 35.0 Å². The number of nitrogens with zero attached hydrogens (tertiary/aromatic N) is 4. The second-order valence-corrected chi connectivity index (χ2v) is 10.6. The van der Waals surface area contributed by atoms with E-state index in [2.05, 4.69) is 20.3 Å². The van der Waals surface area contributed by atoms with Crippen molar-refractivity contribution in [1.29, 1.82) is 0 Å². The minimum Gasteiger partial charge on any atom is -0.385 e. The average Bonchev–Trinajstić information content (AvgIpc) is 3.33. The molecule has 4 atom stereocenters. The van der Waals surface area contributed by atoms with Crippen LogP contribution in [0.2, 0.25) is 5.02 Å². The van der Waals surface area contributed by atoms with Gasteiger partial charge in [-0.15, -0.1) is 0 Å². The summed E-state index contributed by atoms with van der Waals surface area (Å²) in [4.78, 5) is 13.2. The average molecular weight is 506 g/mol. The Morgan fingerprint density at radius 2 is 2.06 bits per heavy atom. The monoisotopic (exact) mass is 505 g/mol. The van der Waals surface area contributed by atoms with Crippen molar-refractivity contribution >= 4 is 28.6 Å². The smallest absolute Gasteiger partial charge is 0.223 e. The summed E-state index contributed by atoms with van der Waals surface area (Å²) >= 11 is 6.44. The first kappa shape index (κ1) is 24.3. The summed E-state index contributed by atoms with van der Waals surface area (Å²) in [7, 11) is 0. The van der Waals surface area contributed by atoms with Gasteiger partial charge in [0, 0.05) is 11.6 Å². The van der Waals surface area contributed by atoms with Crippen LogP contribution < -0.4 is 5.32 Å². The number of halogens is 2. The van der Waals surface area contributed by atoms with Crippen molar-refractivity contribution in [3.63, 3.8) is 0 Å². The van der Waals surface area contributed by atoms with Gasteiger partial charge in [0.25, 0.3) is 0 Å². The number of ether oxygens (including phenoxy) is 2. The number of anilines is 1. The standard InChI is InChI=1S/C24H29ClFN5O4/c1-11(2)31-17-7-12(6-15(26)19(17)29-21(31)23(3,4)33)18-14(25)9-27-22(30-18)28-16-8-13-10-34-24(5,35-13)20(16)32/h6-7,9,11,13,16,20,32-33H,8,10H2,1-5H3,(H,27,28,30)/t13-,16+,20-,24+/m0/s1. The maximum absolute atomic E-state index is 15.2. The van der Waals surface area contributed by atoms with E-state index in [0.29, 0.717) is 35.6 Å². The molecule has 0 saturated carbocycles. The van der Waals surface area contributed by atoms with Gasteiger partial charge in [0.2, 0.25) is 5.95 Å². The minimum absolute atomic E-state index is 0.0804. The predicted octanol–water partition coefficient (Wildman–Crippen LogP) is 3.77. The molecular formula is C24H29ClFN5O4. The van der Waals surface area contributed by atoms with Gasteiger partial charge >= 0.3 is 0 Å². The van der Waals surface area contributed by atoms with Crippen molar-refractivity contribution in [2.24, 2.45) is 0 Å². The van der Waals surface area contributed by atoms with E-state index in [-0.39, 0.29) is 28.6 Å². The first-order chi connectivity index (χ1) is 16.4. The summed E-state index contributed by atoms with van der Waals surface area (Å²) in [6, 6.07) is 2.61. The summed E-state index contributed by atoms with van der Waals surface area (Å²) in [6.07, 6.45) is 0.893. The molecule has 2 bridgehead atoms. The Labute approximate surface area is 207 Å². The quantitative estimate of drug-likeness (QED) is 0.480. The fraction of sp³-hybridized carbons (Fsp3) is 0.542. The number of hydrogen-bond acceptors (Lipinski definition) is 8. The Balaban J connectivity index is 1.55. The van der Waals surface area contributed by atoms with Crippen LogP contribution in [0.1, 0.15) is 52.9 Å². The normalized spacial score (nSPS) is 26.6. The molecule has 0 aliphatic carbocycles. The lowest BCUT2D eigenvalue weighted by Gasteiger charge is -2.38. The molecule has 2 aromatic heterocycles. The van der Waals surface area contributed by atoms with Crippen LogP contribution in [0.3, 0.4) is 0 Å². The first-order valence-electron chi connectivity index (χ1n) is 11.6. The van der Waals surface area contributed by atoms with E-state index in [1.165, 1.54) is 12.3 Å². The maximum atomic E-state index is 15.2. The van der Waals surface area contributed by atoms with Gasteiger partial charge < -0.3 is 29.6 Å². The van der Waals surface area contributed by atoms with Gasteiger partial charge in [-0.1, -0.05) is 11.6 Å². The predicted molar refractivity (Wildman–Crippen MR) is 129 cm³/mol. The van der Waals surface area contributed by atoms with Crippen LogP contribution in [0.25, 0.3) is 22.3 Å². The van der Waals surface area contributed by atoms with Crippen molar-refractivity contribution < 1.29 is 24.1 Å². The summed E-state index contributed by atoms with van der Waals surface area (Å²) < 4.78 is 28.4. The number of rotatable bonds is 5. The Morgan fingerprint density at radius 1 is 1.31 bits per heavy atom. The van der Waals surface area contributed by atoms with Gasteiger partial charge in [0.05, 0.1) is 41.2 Å². The van der Waals surface area contributed by atoms with E-state index in [1.807, 2.05) is 18.4 Å². The Morgan fingerprint density at radius 3 is 2.74 bits per heavy atom. The van der Waals surface area contributed by atoms with Crippen LogP contribution in [-0.2, 0) is 15.1 Å². The molecule has 2 fully saturated rings. The van der Waals surface area contributed by atoms with Crippen LogP contribution in [0.5, 0.6) is 0 Å². The van der Waals surface area contributed by atoms with Crippen molar-refractivity contribution in [3.8, 4) is 11.3 Å². The van der Waals surface area contributed by atoms with E-state index < -0.39 is 29.4 Å². The number of nitrogens with one attached hydrogen (secondary N) is 1. The highest BCUT2D eigenvalue weighted by Crippen LogP contribution is 2.38. The number of hydrogen-bond donors (Lipinski definition) is 3. The second kappa shape index (κ2) is 8.35. The molecule has 11 heteroatoms. The maximum Gasteiger partial charge on any atom is 0.223 e. The van der Waals surface area contributed by atoms with Gasteiger partial charge in [0.15, 0.2) is 11.6 Å². The van der Waals surface area contributed by atoms with Gasteiger partial charge in [-0.05, 0) is 53.2 Å². The number of aliphatic hydroxyl groups is 2. The molecule has 4 heterocycles. The molecule has 0 spiro atoms. The number of fused-ring (bicyclic) bond motifs is 3. The summed E-state index contributed by atoms with van der Waals surface area (Å²) in [6.45, 7) is 9.24. The lowest BCUT2D eigenvalue weighted by Crippen LogP contribution is -2.55. The minimum atomic E-state index is -1.26. The summed E-state index contributed by atoms with van der Waals surface area (Å²) in [5.41, 5.74) is 0.204. The molecule has 0 radical (unpaired) electrons. The highest BCUT2D eigenvalue weighted by Gasteiger charge is 2.52. The Hall–Kier alpha value is -2.37. The second-order valence-electron chi connectivity index (χ2n) is 10.2. The first-order valence-corrected chi connectivity index (χ1v) is 12.0. The van der Waals surface area contributed by atoms with Crippen molar-refractivity contribution in [1.82, 2.24) is 19.5 Å². The van der Waals surface area contributed by atoms with Crippen LogP contribution in [0.4, 0.5) is 10.3 Å². The SMILES string of the molecule is CC(C)n1c(C(C)(C)O)nc2c(F)cc(-c3nc(N[C@@H]4C[C@H]5CO[C@](C)(O5)[C@H]4O)ncc3Cl)cc21. The lowest BCUT2D eigenvalue weighted by atomic mass is 9.96. The third-order valence-electron chi connectivity index (χ3n) is 6.54. The molecule has 2 aliphatic rings. The molecule has 2 saturated heterocycles. The topological polar surface area (TPSA) is 115 Å². The van der Waals surface area contributed by atoms with Gasteiger partial charge in [-0.25, -0.2) is 19.3 Å². The van der Waals surface area contributed by atoms with Crippen LogP contribution in [0.15, 0.2) is 18.3 Å². The lowest BCUT2D eigenvalue weighted by molar-refractivity contribution is -0.236. The zero-order chi connectivity index (χ0) is 25.3. The largest absolute Gasteiger partial charge is 0.385 e. The van der Waals surface area contributed by atoms with Gasteiger partial charge in [0.1, 0.15) is 23.0 Å². The van der Waals surface area contributed by atoms with E-state index >= 15 is 4.39 Å². The molecule has 2 aliphatic heterocycles. The molecule has 1 aromatic carbocycles. The summed E-state index contributed by atoms with van der Waals surface area (Å²) in [5.74, 6) is -1.02. The molecule has 5 rings (SSSR count). The molecule has 0 amide bonds. The third-order valence-corrected chi connectivity index (χ3v) is 6.81. The highest BCUT2D eigenvalue weighted by molar-refractivity contribution is 6.33. The zero-order valence-electron chi connectivity index (χ0n) is 20.2. The molecule has 188 valence electrons. The van der Waals surface area contributed by atoms with E-state index in [4.69, 9.17) is 21.1 Å². The van der Waals surface area contributed by atoms with Crippen LogP contribution in [-0.4, -0.2) is 60.4 Å². The molecule has 3 aromatic rings. The van der Waals surface area contributed by atoms with E-state index in [1.54, 1.807) is 26.8 Å².